The Morgan fingerprint density at radius 3 is 2.47 bits per heavy atom. The maximum absolute atomic E-state index is 8.73. The molecule has 0 saturated carbocycles. The molecule has 0 atom stereocenters. The molecule has 2 aromatic carbocycles. The van der Waals surface area contributed by atoms with Crippen LogP contribution in [0.25, 0.3) is 23.1 Å². The van der Waals surface area contributed by atoms with Crippen LogP contribution in [0.1, 0.15) is 16.9 Å². The second kappa shape index (κ2) is 4.83. The maximum atomic E-state index is 8.73. The molecule has 3 aromatic rings. The summed E-state index contributed by atoms with van der Waals surface area (Å²) in [5, 5.41) is 9.83. The van der Waals surface area contributed by atoms with Gasteiger partial charge in [-0.1, -0.05) is 36.4 Å². The van der Waals surface area contributed by atoms with Crippen molar-refractivity contribution in [1.29, 1.82) is 5.26 Å². The smallest absolute Gasteiger partial charge is 0.134 e. The highest BCUT2D eigenvalue weighted by Gasteiger charge is 1.99. The van der Waals surface area contributed by atoms with E-state index in [4.69, 9.17) is 9.68 Å². The fourth-order valence-corrected chi connectivity index (χ4v) is 1.93. The molecule has 1 aromatic heterocycles. The third kappa shape index (κ3) is 2.41. The molecule has 2 nitrogen and oxygen atoms in total. The molecule has 3 rings (SSSR count). The average Bonchev–Trinajstić information content (AvgIpc) is 2.88. The lowest BCUT2D eigenvalue weighted by Crippen LogP contribution is -1.74. The quantitative estimate of drug-likeness (QED) is 0.667. The fourth-order valence-electron chi connectivity index (χ4n) is 1.93. The summed E-state index contributed by atoms with van der Waals surface area (Å²) >= 11 is 0. The van der Waals surface area contributed by atoms with Crippen molar-refractivity contribution in [3.63, 3.8) is 0 Å². The van der Waals surface area contributed by atoms with Gasteiger partial charge in [0.25, 0.3) is 0 Å². The van der Waals surface area contributed by atoms with Crippen LogP contribution < -0.4 is 0 Å². The van der Waals surface area contributed by atoms with E-state index in [1.54, 1.807) is 12.1 Å². The lowest BCUT2D eigenvalue weighted by molar-refractivity contribution is 0.604. The molecule has 19 heavy (non-hydrogen) atoms. The summed E-state index contributed by atoms with van der Waals surface area (Å²) < 4.78 is 5.70. The first kappa shape index (κ1) is 11.3. The zero-order chi connectivity index (χ0) is 13.1. The van der Waals surface area contributed by atoms with Gasteiger partial charge >= 0.3 is 0 Å². The van der Waals surface area contributed by atoms with Crippen molar-refractivity contribution in [3.05, 3.63) is 71.5 Å². The van der Waals surface area contributed by atoms with E-state index in [0.29, 0.717) is 5.56 Å². The Kier molecular flexibility index (Phi) is 2.88. The Bertz CT molecular complexity index is 740. The number of furan rings is 1. The largest absolute Gasteiger partial charge is 0.457 e. The second-order valence-electron chi connectivity index (χ2n) is 4.25. The summed E-state index contributed by atoms with van der Waals surface area (Å²) in [4.78, 5) is 0. The van der Waals surface area contributed by atoms with E-state index in [9.17, 15) is 0 Å². The predicted octanol–water partition coefficient (Wildman–Crippen LogP) is 4.47. The monoisotopic (exact) mass is 245 g/mol. The Morgan fingerprint density at radius 2 is 1.74 bits per heavy atom. The van der Waals surface area contributed by atoms with Gasteiger partial charge in [-0.2, -0.15) is 5.26 Å². The summed E-state index contributed by atoms with van der Waals surface area (Å²) in [6.45, 7) is 0. The number of rotatable bonds is 2. The van der Waals surface area contributed by atoms with Crippen LogP contribution in [-0.2, 0) is 0 Å². The zero-order valence-electron chi connectivity index (χ0n) is 10.2. The van der Waals surface area contributed by atoms with Crippen LogP contribution in [0.4, 0.5) is 0 Å². The van der Waals surface area contributed by atoms with Gasteiger partial charge in [0.1, 0.15) is 11.3 Å². The number of nitrogens with zero attached hydrogens (tertiary/aromatic N) is 1. The van der Waals surface area contributed by atoms with E-state index < -0.39 is 0 Å². The fraction of sp³-hybridized carbons (Fsp3) is 0. The molecule has 2 heteroatoms. The van der Waals surface area contributed by atoms with Crippen LogP contribution >= 0.6 is 0 Å². The van der Waals surface area contributed by atoms with Crippen LogP contribution in [0.2, 0.25) is 0 Å². The number of hydrogen-bond donors (Lipinski definition) is 0. The van der Waals surface area contributed by atoms with Crippen molar-refractivity contribution in [2.45, 2.75) is 0 Å². The third-order valence-corrected chi connectivity index (χ3v) is 2.92. The van der Waals surface area contributed by atoms with Gasteiger partial charge in [0.15, 0.2) is 0 Å². The summed E-state index contributed by atoms with van der Waals surface area (Å²) in [6.07, 6.45) is 3.90. The van der Waals surface area contributed by atoms with Crippen molar-refractivity contribution in [2.24, 2.45) is 0 Å². The van der Waals surface area contributed by atoms with E-state index in [1.807, 2.05) is 54.6 Å². The van der Waals surface area contributed by atoms with Gasteiger partial charge in [-0.15, -0.1) is 0 Å². The molecule has 0 saturated heterocycles. The summed E-state index contributed by atoms with van der Waals surface area (Å²) in [5.41, 5.74) is 2.60. The summed E-state index contributed by atoms with van der Waals surface area (Å²) in [7, 11) is 0. The topological polar surface area (TPSA) is 36.9 Å². The standard InChI is InChI=1S/C17H11NO/c18-12-14-7-5-13(6-8-14)9-10-16-11-15-3-1-2-4-17(15)19-16/h1-11H. The highest BCUT2D eigenvalue weighted by Crippen LogP contribution is 2.20. The Morgan fingerprint density at radius 1 is 0.947 bits per heavy atom. The normalized spacial score (nSPS) is 10.9. The molecule has 0 N–H and O–H groups in total. The van der Waals surface area contributed by atoms with Crippen LogP contribution in [-0.4, -0.2) is 0 Å². The molecule has 0 fully saturated rings. The average molecular weight is 245 g/mol. The Hall–Kier alpha value is -2.79. The van der Waals surface area contributed by atoms with Gasteiger partial charge in [0.05, 0.1) is 11.6 Å². The minimum Gasteiger partial charge on any atom is -0.457 e. The van der Waals surface area contributed by atoms with Crippen LogP contribution in [0.15, 0.2) is 59.0 Å². The summed E-state index contributed by atoms with van der Waals surface area (Å²) in [6, 6.07) is 19.5. The van der Waals surface area contributed by atoms with Crippen molar-refractivity contribution in [3.8, 4) is 6.07 Å². The van der Waals surface area contributed by atoms with E-state index in [1.165, 1.54) is 0 Å². The van der Waals surface area contributed by atoms with E-state index in [2.05, 4.69) is 6.07 Å². The first-order valence-electron chi connectivity index (χ1n) is 6.02. The number of para-hydroxylation sites is 1. The highest BCUT2D eigenvalue weighted by molar-refractivity contribution is 5.81. The van der Waals surface area contributed by atoms with Gasteiger partial charge < -0.3 is 4.42 Å². The van der Waals surface area contributed by atoms with Crippen LogP contribution in [0, 0.1) is 11.3 Å². The van der Waals surface area contributed by atoms with Crippen molar-refractivity contribution >= 4 is 23.1 Å². The van der Waals surface area contributed by atoms with Crippen molar-refractivity contribution < 1.29 is 4.42 Å². The van der Waals surface area contributed by atoms with Gasteiger partial charge in [0, 0.05) is 5.39 Å². The summed E-state index contributed by atoms with van der Waals surface area (Å²) in [5.74, 6) is 0.825. The van der Waals surface area contributed by atoms with Crippen LogP contribution in [0.5, 0.6) is 0 Å². The molecular weight excluding hydrogens is 234 g/mol. The van der Waals surface area contributed by atoms with Crippen LogP contribution in [0.3, 0.4) is 0 Å². The number of nitriles is 1. The first-order valence-corrected chi connectivity index (χ1v) is 6.02. The second-order valence-corrected chi connectivity index (χ2v) is 4.25. The van der Waals surface area contributed by atoms with Gasteiger partial charge in [0.2, 0.25) is 0 Å². The number of hydrogen-bond acceptors (Lipinski definition) is 2. The minimum absolute atomic E-state index is 0.667. The van der Waals surface area contributed by atoms with Gasteiger partial charge in [-0.3, -0.25) is 0 Å². The molecular formula is C17H11NO. The predicted molar refractivity (Wildman–Crippen MR) is 76.3 cm³/mol. The first-order chi connectivity index (χ1) is 9.35. The molecule has 0 spiro atoms. The van der Waals surface area contributed by atoms with Gasteiger partial charge in [-0.25, -0.2) is 0 Å². The molecule has 0 bridgehead atoms. The SMILES string of the molecule is N#Cc1ccc(C=Cc2cc3ccccc3o2)cc1. The third-order valence-electron chi connectivity index (χ3n) is 2.92. The molecule has 1 heterocycles. The molecule has 0 unspecified atom stereocenters. The Balaban J connectivity index is 1.87. The molecule has 0 amide bonds. The highest BCUT2D eigenvalue weighted by atomic mass is 16.3. The number of fused-ring (bicyclic) bond motifs is 1. The van der Waals surface area contributed by atoms with Crippen molar-refractivity contribution in [2.75, 3.05) is 0 Å². The van der Waals surface area contributed by atoms with E-state index in [-0.39, 0.29) is 0 Å². The zero-order valence-corrected chi connectivity index (χ0v) is 10.2. The Labute approximate surface area is 111 Å². The van der Waals surface area contributed by atoms with E-state index >= 15 is 0 Å². The lowest BCUT2D eigenvalue weighted by atomic mass is 10.1. The molecule has 0 aliphatic rings. The molecule has 90 valence electrons. The van der Waals surface area contributed by atoms with Crippen molar-refractivity contribution in [1.82, 2.24) is 0 Å². The van der Waals surface area contributed by atoms with E-state index in [0.717, 1.165) is 22.3 Å². The minimum atomic E-state index is 0.667. The lowest BCUT2D eigenvalue weighted by Gasteiger charge is -1.92. The molecule has 0 radical (unpaired) electrons. The molecule has 0 aliphatic heterocycles. The van der Waals surface area contributed by atoms with Gasteiger partial charge in [-0.05, 0) is 35.9 Å². The maximum Gasteiger partial charge on any atom is 0.134 e. The molecule has 0 aliphatic carbocycles. The number of benzene rings is 2.